The van der Waals surface area contributed by atoms with E-state index in [0.29, 0.717) is 23.8 Å². The van der Waals surface area contributed by atoms with Gasteiger partial charge in [0.1, 0.15) is 6.04 Å². The lowest BCUT2D eigenvalue weighted by atomic mass is 10.0. The van der Waals surface area contributed by atoms with Gasteiger partial charge in [-0.15, -0.1) is 0 Å². The average Bonchev–Trinajstić information content (AvgIpc) is 3.18. The highest BCUT2D eigenvalue weighted by Crippen LogP contribution is 2.32. The second-order valence-corrected chi connectivity index (χ2v) is 7.76. The first-order chi connectivity index (χ1) is 13.1. The van der Waals surface area contributed by atoms with Gasteiger partial charge in [-0.3, -0.25) is 4.79 Å². The lowest BCUT2D eigenvalue weighted by Crippen LogP contribution is -2.38. The van der Waals surface area contributed by atoms with Gasteiger partial charge in [0.25, 0.3) is 5.91 Å². The molecular formula is C21H20BrN3O2. The predicted octanol–water partition coefficient (Wildman–Crippen LogP) is 5.17. The summed E-state index contributed by atoms with van der Waals surface area (Å²) in [6.07, 6.45) is 2.85. The Morgan fingerprint density at radius 2 is 2.00 bits per heavy atom. The molecule has 0 aliphatic carbocycles. The van der Waals surface area contributed by atoms with Crippen LogP contribution in [-0.4, -0.2) is 27.5 Å². The SMILES string of the molecule is Cc1cccc(-c2noc(C3CCCCN3C(=O)c3ccc(Br)cc3)n2)c1. The van der Waals surface area contributed by atoms with Crippen LogP contribution in [-0.2, 0) is 0 Å². The van der Waals surface area contributed by atoms with Crippen LogP contribution in [0.4, 0.5) is 0 Å². The monoisotopic (exact) mass is 425 g/mol. The van der Waals surface area contributed by atoms with Gasteiger partial charge in [0, 0.05) is 22.1 Å². The number of aryl methyl sites for hydroxylation is 1. The third kappa shape index (κ3) is 3.81. The summed E-state index contributed by atoms with van der Waals surface area (Å²) in [6, 6.07) is 15.3. The number of benzene rings is 2. The Bertz CT molecular complexity index is 952. The van der Waals surface area contributed by atoms with Crippen molar-refractivity contribution in [3.8, 4) is 11.4 Å². The number of piperidine rings is 1. The number of rotatable bonds is 3. The number of hydrogen-bond donors (Lipinski definition) is 0. The summed E-state index contributed by atoms with van der Waals surface area (Å²) in [7, 11) is 0. The van der Waals surface area contributed by atoms with Gasteiger partial charge in [-0.05, 0) is 56.5 Å². The number of halogens is 1. The van der Waals surface area contributed by atoms with Crippen LogP contribution in [0.5, 0.6) is 0 Å². The van der Waals surface area contributed by atoms with Crippen molar-refractivity contribution < 1.29 is 9.32 Å². The van der Waals surface area contributed by atoms with Crippen molar-refractivity contribution in [2.24, 2.45) is 0 Å². The lowest BCUT2D eigenvalue weighted by Gasteiger charge is -2.33. The second-order valence-electron chi connectivity index (χ2n) is 6.84. The summed E-state index contributed by atoms with van der Waals surface area (Å²) in [6.45, 7) is 2.73. The fourth-order valence-electron chi connectivity index (χ4n) is 3.46. The molecule has 4 rings (SSSR count). The van der Waals surface area contributed by atoms with Crippen molar-refractivity contribution in [2.75, 3.05) is 6.54 Å². The Hall–Kier alpha value is -2.47. The van der Waals surface area contributed by atoms with Gasteiger partial charge in [0.15, 0.2) is 0 Å². The van der Waals surface area contributed by atoms with Gasteiger partial charge in [-0.1, -0.05) is 44.8 Å². The van der Waals surface area contributed by atoms with Crippen LogP contribution in [0.15, 0.2) is 57.5 Å². The molecule has 0 N–H and O–H groups in total. The van der Waals surface area contributed by atoms with E-state index in [1.165, 1.54) is 0 Å². The van der Waals surface area contributed by atoms with E-state index in [1.54, 1.807) is 0 Å². The molecule has 1 aromatic heterocycles. The summed E-state index contributed by atoms with van der Waals surface area (Å²) in [5.41, 5.74) is 2.73. The van der Waals surface area contributed by atoms with Crippen molar-refractivity contribution in [1.82, 2.24) is 15.0 Å². The van der Waals surface area contributed by atoms with Crippen LogP contribution >= 0.6 is 15.9 Å². The molecule has 2 aromatic carbocycles. The van der Waals surface area contributed by atoms with Crippen molar-refractivity contribution >= 4 is 21.8 Å². The van der Waals surface area contributed by atoms with Crippen molar-refractivity contribution in [3.63, 3.8) is 0 Å². The van der Waals surface area contributed by atoms with Gasteiger partial charge >= 0.3 is 0 Å². The summed E-state index contributed by atoms with van der Waals surface area (Å²) in [5, 5.41) is 4.15. The van der Waals surface area contributed by atoms with Crippen molar-refractivity contribution in [1.29, 1.82) is 0 Å². The topological polar surface area (TPSA) is 59.2 Å². The van der Waals surface area contributed by atoms with E-state index in [2.05, 4.69) is 26.1 Å². The molecule has 0 spiro atoms. The molecule has 1 amide bonds. The average molecular weight is 426 g/mol. The number of carbonyl (C=O) groups excluding carboxylic acids is 1. The van der Waals surface area contributed by atoms with Crippen LogP contribution in [0, 0.1) is 6.92 Å². The maximum absolute atomic E-state index is 13.0. The van der Waals surface area contributed by atoms with E-state index in [9.17, 15) is 4.79 Å². The number of likely N-dealkylation sites (tertiary alicyclic amines) is 1. The van der Waals surface area contributed by atoms with E-state index in [4.69, 9.17) is 4.52 Å². The molecule has 0 radical (unpaired) electrons. The van der Waals surface area contributed by atoms with E-state index in [0.717, 1.165) is 34.9 Å². The highest BCUT2D eigenvalue weighted by atomic mass is 79.9. The van der Waals surface area contributed by atoms with Crippen LogP contribution in [0.1, 0.15) is 47.1 Å². The van der Waals surface area contributed by atoms with Crippen LogP contribution in [0.2, 0.25) is 0 Å². The van der Waals surface area contributed by atoms with E-state index >= 15 is 0 Å². The predicted molar refractivity (Wildman–Crippen MR) is 106 cm³/mol. The fourth-order valence-corrected chi connectivity index (χ4v) is 3.73. The Kier molecular flexibility index (Phi) is 5.07. The van der Waals surface area contributed by atoms with Crippen LogP contribution in [0.3, 0.4) is 0 Å². The van der Waals surface area contributed by atoms with Gasteiger partial charge < -0.3 is 9.42 Å². The first kappa shape index (κ1) is 17.9. The Labute approximate surface area is 166 Å². The molecule has 1 saturated heterocycles. The summed E-state index contributed by atoms with van der Waals surface area (Å²) in [5.74, 6) is 1.08. The normalized spacial score (nSPS) is 17.1. The Morgan fingerprint density at radius 3 is 2.78 bits per heavy atom. The minimum absolute atomic E-state index is 0.00232. The number of carbonyl (C=O) groups is 1. The zero-order valence-corrected chi connectivity index (χ0v) is 16.6. The highest BCUT2D eigenvalue weighted by molar-refractivity contribution is 9.10. The molecule has 2 heterocycles. The van der Waals surface area contributed by atoms with Gasteiger partial charge in [0.05, 0.1) is 0 Å². The summed E-state index contributed by atoms with van der Waals surface area (Å²) in [4.78, 5) is 19.5. The molecule has 3 aromatic rings. The highest BCUT2D eigenvalue weighted by Gasteiger charge is 2.32. The molecule has 1 unspecified atom stereocenters. The molecule has 5 nitrogen and oxygen atoms in total. The summed E-state index contributed by atoms with van der Waals surface area (Å²) < 4.78 is 6.52. The molecule has 0 bridgehead atoms. The fraction of sp³-hybridized carbons (Fsp3) is 0.286. The molecule has 1 aliphatic heterocycles. The standard InChI is InChI=1S/C21H20BrN3O2/c1-14-5-4-6-16(13-14)19-23-20(27-24-19)18-7-2-3-12-25(18)21(26)15-8-10-17(22)11-9-15/h4-6,8-11,13,18H,2-3,7,12H2,1H3. The minimum Gasteiger partial charge on any atom is -0.337 e. The quantitative estimate of drug-likeness (QED) is 0.580. The third-order valence-electron chi connectivity index (χ3n) is 4.86. The molecule has 27 heavy (non-hydrogen) atoms. The molecule has 1 fully saturated rings. The molecule has 1 atom stereocenters. The Morgan fingerprint density at radius 1 is 1.19 bits per heavy atom. The van der Waals surface area contributed by atoms with Gasteiger partial charge in [-0.2, -0.15) is 4.98 Å². The minimum atomic E-state index is -0.180. The van der Waals surface area contributed by atoms with Gasteiger partial charge in [0.2, 0.25) is 11.7 Å². The first-order valence-corrected chi connectivity index (χ1v) is 9.88. The molecule has 6 heteroatoms. The first-order valence-electron chi connectivity index (χ1n) is 9.09. The largest absolute Gasteiger partial charge is 0.337 e. The molecule has 138 valence electrons. The Balaban J connectivity index is 1.61. The molecule has 1 aliphatic rings. The van der Waals surface area contributed by atoms with E-state index in [-0.39, 0.29) is 11.9 Å². The number of aromatic nitrogens is 2. The summed E-state index contributed by atoms with van der Waals surface area (Å²) >= 11 is 3.41. The van der Waals surface area contributed by atoms with E-state index < -0.39 is 0 Å². The van der Waals surface area contributed by atoms with Crippen molar-refractivity contribution in [3.05, 3.63) is 70.0 Å². The maximum atomic E-state index is 13.0. The zero-order valence-electron chi connectivity index (χ0n) is 15.1. The van der Waals surface area contributed by atoms with Crippen molar-refractivity contribution in [2.45, 2.75) is 32.2 Å². The molecular weight excluding hydrogens is 406 g/mol. The smallest absolute Gasteiger partial charge is 0.254 e. The van der Waals surface area contributed by atoms with Crippen LogP contribution in [0.25, 0.3) is 11.4 Å². The number of hydrogen-bond acceptors (Lipinski definition) is 4. The second kappa shape index (κ2) is 7.64. The third-order valence-corrected chi connectivity index (χ3v) is 5.39. The maximum Gasteiger partial charge on any atom is 0.254 e. The number of nitrogens with zero attached hydrogens (tertiary/aromatic N) is 3. The number of amides is 1. The zero-order chi connectivity index (χ0) is 18.8. The molecule has 0 saturated carbocycles. The van der Waals surface area contributed by atoms with Crippen LogP contribution < -0.4 is 0 Å². The van der Waals surface area contributed by atoms with E-state index in [1.807, 2.05) is 60.4 Å². The lowest BCUT2D eigenvalue weighted by molar-refractivity contribution is 0.0561. The van der Waals surface area contributed by atoms with Gasteiger partial charge in [-0.25, -0.2) is 0 Å².